The van der Waals surface area contributed by atoms with E-state index in [2.05, 4.69) is 20.3 Å². The van der Waals surface area contributed by atoms with Crippen LogP contribution in [-0.2, 0) is 5.60 Å². The van der Waals surface area contributed by atoms with Crippen molar-refractivity contribution >= 4 is 29.0 Å². The van der Waals surface area contributed by atoms with Crippen LogP contribution in [0.5, 0.6) is 0 Å². The summed E-state index contributed by atoms with van der Waals surface area (Å²) in [5.41, 5.74) is -2.03. The number of rotatable bonds is 8. The second-order valence-electron chi connectivity index (χ2n) is 12.9. The fourth-order valence-electron chi connectivity index (χ4n) is 6.12. The van der Waals surface area contributed by atoms with Crippen molar-refractivity contribution in [2.45, 2.75) is 12.5 Å². The lowest BCUT2D eigenvalue weighted by Crippen LogP contribution is -2.24. The Morgan fingerprint density at radius 3 is 1.63 bits per heavy atom. The molecule has 0 aliphatic carbocycles. The van der Waals surface area contributed by atoms with E-state index in [4.69, 9.17) is 32.2 Å². The van der Waals surface area contributed by atoms with E-state index < -0.39 is 46.3 Å². The molecule has 0 radical (unpaired) electrons. The topological polar surface area (TPSA) is 115 Å². The summed E-state index contributed by atoms with van der Waals surface area (Å²) in [6, 6.07) is 19.7. The molecule has 8 aromatic rings. The first-order valence-electron chi connectivity index (χ1n) is 17.1. The van der Waals surface area contributed by atoms with E-state index in [1.54, 1.807) is 18.2 Å². The molecule has 0 aliphatic heterocycles. The number of pyridine rings is 2. The molecule has 0 bridgehead atoms. The molecule has 16 heteroatoms. The van der Waals surface area contributed by atoms with Gasteiger partial charge in [-0.15, -0.1) is 0 Å². The van der Waals surface area contributed by atoms with Crippen LogP contribution in [0, 0.1) is 34.9 Å². The summed E-state index contributed by atoms with van der Waals surface area (Å²) in [6.07, 6.45) is 5.72. The van der Waals surface area contributed by atoms with Gasteiger partial charge in [-0.25, -0.2) is 26.3 Å². The summed E-state index contributed by atoms with van der Waals surface area (Å²) >= 11 is 11.6. The minimum Gasteiger partial charge on any atom is -0.380 e. The molecule has 59 heavy (non-hydrogen) atoms. The summed E-state index contributed by atoms with van der Waals surface area (Å²) in [7, 11) is 0. The minimum atomic E-state index is -1.80. The van der Waals surface area contributed by atoms with Gasteiger partial charge < -0.3 is 14.2 Å². The van der Waals surface area contributed by atoms with Gasteiger partial charge in [-0.1, -0.05) is 39.6 Å². The maximum absolute atomic E-state index is 14.7. The highest BCUT2D eigenvalue weighted by atomic mass is 35.5. The van der Waals surface area contributed by atoms with Crippen LogP contribution in [0.25, 0.3) is 45.2 Å². The predicted octanol–water partition coefficient (Wildman–Crippen LogP) is 11.4. The van der Waals surface area contributed by atoms with Crippen LogP contribution >= 0.6 is 23.2 Å². The standard InChI is InChI=1S/C22H14ClF3N2O2.C21H10ClF3N2O2/c1-22(29,12-3-2-8-27-11-12)19-20(15-6-4-13(23)9-17(15)25)28-30-21(19)16-7-5-14(24)10-18(16)26;22-12-3-5-14(16(24)8-12)19-18(20(28)11-2-1-7-26-10-11)21(29-27-19)15-6-4-13(23)9-17(15)25/h2-11,29H,1H3;1-10H. The van der Waals surface area contributed by atoms with Crippen molar-refractivity contribution in [2.75, 3.05) is 0 Å². The number of carbonyl (C=O) groups is 1. The van der Waals surface area contributed by atoms with Gasteiger partial charge in [-0.2, -0.15) is 0 Å². The van der Waals surface area contributed by atoms with Gasteiger partial charge in [0.1, 0.15) is 51.9 Å². The lowest BCUT2D eigenvalue weighted by Gasteiger charge is -2.24. The van der Waals surface area contributed by atoms with Crippen molar-refractivity contribution in [3.05, 3.63) is 189 Å². The Labute approximate surface area is 340 Å². The number of ketones is 1. The molecule has 1 unspecified atom stereocenters. The zero-order chi connectivity index (χ0) is 42.0. The molecule has 1 atom stereocenters. The number of carbonyl (C=O) groups excluding carboxylic acids is 1. The molecule has 0 fully saturated rings. The Balaban J connectivity index is 0.000000179. The second-order valence-corrected chi connectivity index (χ2v) is 13.7. The monoisotopic (exact) mass is 844 g/mol. The highest BCUT2D eigenvalue weighted by molar-refractivity contribution is 6.31. The minimum absolute atomic E-state index is 0.00207. The van der Waals surface area contributed by atoms with Gasteiger partial charge in [0, 0.05) is 69.2 Å². The lowest BCUT2D eigenvalue weighted by atomic mass is 9.84. The normalized spacial score (nSPS) is 12.1. The second kappa shape index (κ2) is 16.7. The Hall–Kier alpha value is -6.61. The van der Waals surface area contributed by atoms with Gasteiger partial charge in [0.2, 0.25) is 5.78 Å². The van der Waals surface area contributed by atoms with Gasteiger partial charge in [-0.3, -0.25) is 14.8 Å². The largest absolute Gasteiger partial charge is 0.380 e. The van der Waals surface area contributed by atoms with E-state index in [1.807, 2.05) is 0 Å². The van der Waals surface area contributed by atoms with Gasteiger partial charge in [0.25, 0.3) is 0 Å². The van der Waals surface area contributed by atoms with Crippen molar-refractivity contribution in [3.63, 3.8) is 0 Å². The van der Waals surface area contributed by atoms with E-state index in [9.17, 15) is 36.2 Å². The smallest absolute Gasteiger partial charge is 0.200 e. The average Bonchev–Trinajstić information content (AvgIpc) is 3.84. The quantitative estimate of drug-likeness (QED) is 0.119. The molecular formula is C43H24Cl2F6N4O4. The molecule has 4 aromatic carbocycles. The number of hydrogen-bond acceptors (Lipinski definition) is 8. The van der Waals surface area contributed by atoms with Crippen molar-refractivity contribution in [2.24, 2.45) is 0 Å². The molecule has 296 valence electrons. The van der Waals surface area contributed by atoms with Crippen LogP contribution < -0.4 is 0 Å². The van der Waals surface area contributed by atoms with Crippen LogP contribution in [0.2, 0.25) is 10.0 Å². The van der Waals surface area contributed by atoms with E-state index in [0.29, 0.717) is 17.7 Å². The van der Waals surface area contributed by atoms with Gasteiger partial charge >= 0.3 is 0 Å². The molecule has 8 nitrogen and oxygen atoms in total. The van der Waals surface area contributed by atoms with Crippen molar-refractivity contribution < 1.29 is 45.3 Å². The molecule has 0 saturated carbocycles. The zero-order valence-electron chi connectivity index (χ0n) is 30.0. The number of nitrogens with zero attached hydrogens (tertiary/aromatic N) is 4. The molecular weight excluding hydrogens is 821 g/mol. The Morgan fingerprint density at radius 1 is 0.610 bits per heavy atom. The Bertz CT molecular complexity index is 2700. The highest BCUT2D eigenvalue weighted by Gasteiger charge is 2.38. The van der Waals surface area contributed by atoms with Crippen LogP contribution in [0.15, 0.2) is 131 Å². The summed E-state index contributed by atoms with van der Waals surface area (Å²) < 4.78 is 95.4. The van der Waals surface area contributed by atoms with Crippen molar-refractivity contribution in [1.29, 1.82) is 0 Å². The molecule has 4 heterocycles. The molecule has 1 N–H and O–H groups in total. The van der Waals surface area contributed by atoms with E-state index >= 15 is 0 Å². The third-order valence-corrected chi connectivity index (χ3v) is 9.44. The van der Waals surface area contributed by atoms with Gasteiger partial charge in [0.15, 0.2) is 11.5 Å². The van der Waals surface area contributed by atoms with E-state index in [0.717, 1.165) is 36.4 Å². The third kappa shape index (κ3) is 8.23. The highest BCUT2D eigenvalue weighted by Crippen LogP contribution is 2.44. The summed E-state index contributed by atoms with van der Waals surface area (Å²) in [5, 5.41) is 19.5. The summed E-state index contributed by atoms with van der Waals surface area (Å²) in [6.45, 7) is 1.43. The molecule has 8 rings (SSSR count). The fourth-order valence-corrected chi connectivity index (χ4v) is 6.44. The van der Waals surface area contributed by atoms with Gasteiger partial charge in [0.05, 0.1) is 22.3 Å². The fraction of sp³-hybridized carbons (Fsp3) is 0.0465. The molecule has 0 amide bonds. The number of aliphatic hydroxyl groups is 1. The third-order valence-electron chi connectivity index (χ3n) is 8.97. The summed E-state index contributed by atoms with van der Waals surface area (Å²) in [4.78, 5) is 21.1. The van der Waals surface area contributed by atoms with Crippen LogP contribution in [-0.4, -0.2) is 31.2 Å². The lowest BCUT2D eigenvalue weighted by molar-refractivity contribution is 0.102. The molecule has 0 saturated heterocycles. The number of halogens is 8. The first kappa shape index (κ1) is 40.6. The van der Waals surface area contributed by atoms with Crippen molar-refractivity contribution in [3.8, 4) is 45.2 Å². The number of aromatic nitrogens is 4. The SMILES string of the molecule is CC(O)(c1cccnc1)c1c(-c2ccc(Cl)cc2F)noc1-c1ccc(F)cc1F.O=C(c1cccnc1)c1c(-c2ccc(Cl)cc2F)noc1-c1ccc(F)cc1F. The Morgan fingerprint density at radius 2 is 1.10 bits per heavy atom. The molecule has 0 spiro atoms. The van der Waals surface area contributed by atoms with Crippen LogP contribution in [0.4, 0.5) is 26.3 Å². The first-order chi connectivity index (χ1) is 28.2. The van der Waals surface area contributed by atoms with Crippen molar-refractivity contribution in [1.82, 2.24) is 20.3 Å². The average molecular weight is 846 g/mol. The zero-order valence-corrected chi connectivity index (χ0v) is 31.5. The van der Waals surface area contributed by atoms with Crippen LogP contribution in [0.1, 0.15) is 34.0 Å². The van der Waals surface area contributed by atoms with E-state index in [-0.39, 0.29) is 71.9 Å². The number of hydrogen-bond donors (Lipinski definition) is 1. The van der Waals surface area contributed by atoms with E-state index in [1.165, 1.54) is 62.0 Å². The Kier molecular flexibility index (Phi) is 11.5. The maximum Gasteiger partial charge on any atom is 0.200 e. The maximum atomic E-state index is 14.7. The predicted molar refractivity (Wildman–Crippen MR) is 205 cm³/mol. The number of benzene rings is 4. The summed E-state index contributed by atoms with van der Waals surface area (Å²) in [5.74, 6) is -5.91. The van der Waals surface area contributed by atoms with Gasteiger partial charge in [-0.05, 0) is 85.8 Å². The van der Waals surface area contributed by atoms with Crippen LogP contribution in [0.3, 0.4) is 0 Å². The first-order valence-corrected chi connectivity index (χ1v) is 17.9. The molecule has 0 aliphatic rings. The molecule has 4 aromatic heterocycles.